The van der Waals surface area contributed by atoms with Crippen molar-refractivity contribution < 1.29 is 24.2 Å². The summed E-state index contributed by atoms with van der Waals surface area (Å²) >= 11 is 0. The molecule has 0 aromatic rings. The monoisotopic (exact) mass is 288 g/mol. The molecule has 0 saturated carbocycles. The summed E-state index contributed by atoms with van der Waals surface area (Å²) in [4.78, 5) is 35.4. The van der Waals surface area contributed by atoms with Gasteiger partial charge in [0.25, 0.3) is 0 Å². The number of nitrogens with one attached hydrogen (secondary N) is 1. The lowest BCUT2D eigenvalue weighted by molar-refractivity contribution is -0.142. The number of ether oxygens (including phenoxy) is 1. The van der Waals surface area contributed by atoms with Gasteiger partial charge in [0.2, 0.25) is 0 Å². The van der Waals surface area contributed by atoms with Gasteiger partial charge < -0.3 is 20.1 Å². The number of carbonyl (C=O) groups is 3. The molecule has 0 bridgehead atoms. The van der Waals surface area contributed by atoms with Crippen LogP contribution in [0.1, 0.15) is 33.6 Å². The first-order chi connectivity index (χ1) is 9.06. The van der Waals surface area contributed by atoms with Gasteiger partial charge in [0.15, 0.2) is 0 Å². The van der Waals surface area contributed by atoms with Crippen molar-refractivity contribution >= 4 is 18.0 Å². The number of amides is 2. The van der Waals surface area contributed by atoms with Crippen LogP contribution in [0.3, 0.4) is 0 Å². The summed E-state index contributed by atoms with van der Waals surface area (Å²) in [6.07, 6.45) is -0.0617. The zero-order valence-electron chi connectivity index (χ0n) is 12.7. The van der Waals surface area contributed by atoms with Crippen molar-refractivity contribution in [1.29, 1.82) is 0 Å². The number of aliphatic carboxylic acids is 1. The summed E-state index contributed by atoms with van der Waals surface area (Å²) in [5, 5.41) is 11.4. The van der Waals surface area contributed by atoms with E-state index >= 15 is 0 Å². The predicted molar refractivity (Wildman–Crippen MR) is 73.3 cm³/mol. The average molecular weight is 288 g/mol. The second-order valence-corrected chi connectivity index (χ2v) is 5.87. The van der Waals surface area contributed by atoms with Crippen molar-refractivity contribution in [3.8, 4) is 0 Å². The molecule has 0 heterocycles. The Morgan fingerprint density at radius 2 is 1.85 bits per heavy atom. The number of carboxylic acids is 1. The summed E-state index contributed by atoms with van der Waals surface area (Å²) < 4.78 is 4.44. The molecular formula is C13H24N2O5. The van der Waals surface area contributed by atoms with Gasteiger partial charge in [0, 0.05) is 20.0 Å². The van der Waals surface area contributed by atoms with Gasteiger partial charge in [-0.2, -0.15) is 0 Å². The molecule has 0 saturated heterocycles. The maximum Gasteiger partial charge on any atom is 0.326 e. The van der Waals surface area contributed by atoms with Crippen molar-refractivity contribution in [2.24, 2.45) is 5.41 Å². The van der Waals surface area contributed by atoms with Gasteiger partial charge in [-0.3, -0.25) is 4.79 Å². The molecule has 0 aromatic heterocycles. The lowest BCUT2D eigenvalue weighted by atomic mass is 9.96. The van der Waals surface area contributed by atoms with Crippen LogP contribution < -0.4 is 5.32 Å². The van der Waals surface area contributed by atoms with Gasteiger partial charge >= 0.3 is 18.0 Å². The molecule has 1 atom stereocenters. The zero-order chi connectivity index (χ0) is 15.9. The third kappa shape index (κ3) is 7.60. The molecule has 0 aliphatic carbocycles. The van der Waals surface area contributed by atoms with Gasteiger partial charge in [-0.1, -0.05) is 20.8 Å². The van der Waals surface area contributed by atoms with E-state index in [4.69, 9.17) is 5.11 Å². The molecule has 7 nitrogen and oxygen atoms in total. The number of hydrogen-bond acceptors (Lipinski definition) is 4. The van der Waals surface area contributed by atoms with Gasteiger partial charge in [0.1, 0.15) is 6.04 Å². The molecule has 0 aliphatic heterocycles. The molecule has 116 valence electrons. The Morgan fingerprint density at radius 3 is 2.25 bits per heavy atom. The van der Waals surface area contributed by atoms with E-state index in [1.165, 1.54) is 12.0 Å². The van der Waals surface area contributed by atoms with Crippen molar-refractivity contribution in [3.63, 3.8) is 0 Å². The fraction of sp³-hybridized carbons (Fsp3) is 0.769. The highest BCUT2D eigenvalue weighted by atomic mass is 16.5. The third-order valence-corrected chi connectivity index (χ3v) is 2.52. The number of carbonyl (C=O) groups excluding carboxylic acids is 2. The number of nitrogens with zero attached hydrogens (tertiary/aromatic N) is 1. The summed E-state index contributed by atoms with van der Waals surface area (Å²) in [7, 11) is 2.83. The molecule has 0 fully saturated rings. The second kappa shape index (κ2) is 7.72. The Bertz CT molecular complexity index is 362. The number of rotatable bonds is 6. The number of carboxylic acid groups (broad SMARTS) is 1. The molecule has 0 aromatic carbocycles. The minimum atomic E-state index is -1.17. The van der Waals surface area contributed by atoms with E-state index in [1.807, 2.05) is 20.8 Å². The standard InChI is InChI=1S/C13H24N2O5/c1-13(2,3)8-15(4)12(19)14-9(11(17)18)6-7-10(16)20-5/h9H,6-8H2,1-5H3,(H,14,19)(H,17,18)/t9-/m1/s1. The van der Waals surface area contributed by atoms with Crippen molar-refractivity contribution in [1.82, 2.24) is 10.2 Å². The van der Waals surface area contributed by atoms with Crippen LogP contribution in [0.2, 0.25) is 0 Å². The lowest BCUT2D eigenvalue weighted by Gasteiger charge is -2.27. The van der Waals surface area contributed by atoms with Crippen LogP contribution in [0.4, 0.5) is 4.79 Å². The Morgan fingerprint density at radius 1 is 1.30 bits per heavy atom. The van der Waals surface area contributed by atoms with Gasteiger partial charge in [0.05, 0.1) is 7.11 Å². The Labute approximate surface area is 119 Å². The maximum absolute atomic E-state index is 11.9. The fourth-order valence-electron chi connectivity index (χ4n) is 1.66. The Balaban J connectivity index is 4.48. The second-order valence-electron chi connectivity index (χ2n) is 5.87. The van der Waals surface area contributed by atoms with Gasteiger partial charge in [-0.25, -0.2) is 9.59 Å². The van der Waals surface area contributed by atoms with Gasteiger partial charge in [-0.15, -0.1) is 0 Å². The minimum Gasteiger partial charge on any atom is -0.480 e. The summed E-state index contributed by atoms with van der Waals surface area (Å²) in [5.41, 5.74) is -0.0865. The van der Waals surface area contributed by atoms with Crippen LogP contribution >= 0.6 is 0 Å². The average Bonchev–Trinajstić information content (AvgIpc) is 2.30. The molecule has 20 heavy (non-hydrogen) atoms. The van der Waals surface area contributed by atoms with Crippen molar-refractivity contribution in [2.45, 2.75) is 39.7 Å². The molecule has 2 amide bonds. The highest BCUT2D eigenvalue weighted by Crippen LogP contribution is 2.14. The van der Waals surface area contributed by atoms with Crippen molar-refractivity contribution in [2.75, 3.05) is 20.7 Å². The highest BCUT2D eigenvalue weighted by molar-refractivity contribution is 5.83. The van der Waals surface area contributed by atoms with Crippen LogP contribution in [0.15, 0.2) is 0 Å². The minimum absolute atomic E-state index is 0.00287. The number of esters is 1. The predicted octanol–water partition coefficient (Wildman–Crippen LogP) is 1.08. The smallest absolute Gasteiger partial charge is 0.326 e. The SMILES string of the molecule is COC(=O)CC[C@@H](NC(=O)N(C)CC(C)(C)C)C(=O)O. The molecule has 0 unspecified atom stereocenters. The highest BCUT2D eigenvalue weighted by Gasteiger charge is 2.24. The first-order valence-corrected chi connectivity index (χ1v) is 6.38. The molecule has 0 rings (SSSR count). The fourth-order valence-corrected chi connectivity index (χ4v) is 1.66. The molecule has 2 N–H and O–H groups in total. The van der Waals surface area contributed by atoms with E-state index in [0.29, 0.717) is 6.54 Å². The lowest BCUT2D eigenvalue weighted by Crippen LogP contribution is -2.48. The maximum atomic E-state index is 11.9. The van der Waals surface area contributed by atoms with E-state index in [-0.39, 0.29) is 18.3 Å². The van der Waals surface area contributed by atoms with E-state index in [2.05, 4.69) is 10.1 Å². The van der Waals surface area contributed by atoms with Gasteiger partial charge in [-0.05, 0) is 11.8 Å². The topological polar surface area (TPSA) is 95.9 Å². The third-order valence-electron chi connectivity index (χ3n) is 2.52. The summed E-state index contributed by atoms with van der Waals surface area (Å²) in [6.45, 7) is 6.41. The van der Waals surface area contributed by atoms with Crippen LogP contribution in [-0.2, 0) is 14.3 Å². The van der Waals surface area contributed by atoms with Crippen LogP contribution in [0.5, 0.6) is 0 Å². The Hall–Kier alpha value is -1.79. The normalized spacial score (nSPS) is 12.4. The number of methoxy groups -OCH3 is 1. The first kappa shape index (κ1) is 18.2. The zero-order valence-corrected chi connectivity index (χ0v) is 12.7. The summed E-state index contributed by atoms with van der Waals surface area (Å²) in [6, 6.07) is -1.58. The van der Waals surface area contributed by atoms with E-state index in [9.17, 15) is 14.4 Å². The van der Waals surface area contributed by atoms with E-state index < -0.39 is 24.0 Å². The Kier molecular flexibility index (Phi) is 7.02. The first-order valence-electron chi connectivity index (χ1n) is 6.38. The van der Waals surface area contributed by atoms with Crippen LogP contribution in [0, 0.1) is 5.41 Å². The molecule has 0 aliphatic rings. The summed E-state index contributed by atoms with van der Waals surface area (Å²) in [5.74, 6) is -1.68. The molecular weight excluding hydrogens is 264 g/mol. The molecule has 0 spiro atoms. The largest absolute Gasteiger partial charge is 0.480 e. The van der Waals surface area contributed by atoms with Crippen molar-refractivity contribution in [3.05, 3.63) is 0 Å². The molecule has 7 heteroatoms. The quantitative estimate of drug-likeness (QED) is 0.713. The number of hydrogen-bond donors (Lipinski definition) is 2. The van der Waals surface area contributed by atoms with E-state index in [1.54, 1.807) is 7.05 Å². The number of urea groups is 1. The van der Waals surface area contributed by atoms with Crippen LogP contribution in [0.25, 0.3) is 0 Å². The molecule has 0 radical (unpaired) electrons. The van der Waals surface area contributed by atoms with E-state index in [0.717, 1.165) is 0 Å². The van der Waals surface area contributed by atoms with Crippen LogP contribution in [-0.4, -0.2) is 54.7 Å².